The smallest absolute Gasteiger partial charge is 0.175 e. The zero-order valence-electron chi connectivity index (χ0n) is 5.82. The zero-order valence-corrected chi connectivity index (χ0v) is 5.82. The summed E-state index contributed by atoms with van der Waals surface area (Å²) in [7, 11) is 0. The Morgan fingerprint density at radius 2 is 2.36 bits per heavy atom. The van der Waals surface area contributed by atoms with Crippen LogP contribution in [0.15, 0.2) is 18.2 Å². The van der Waals surface area contributed by atoms with Gasteiger partial charge in [0.2, 0.25) is 0 Å². The third-order valence-corrected chi connectivity index (χ3v) is 1.61. The molecule has 4 nitrogen and oxygen atoms in total. The maximum atomic E-state index is 9.04. The van der Waals surface area contributed by atoms with Crippen LogP contribution >= 0.6 is 0 Å². The number of benzene rings is 1. The molecular weight excluding hydrogens is 144 g/mol. The highest BCUT2D eigenvalue weighted by Gasteiger charge is 2.17. The van der Waals surface area contributed by atoms with Crippen molar-refractivity contribution in [1.29, 1.82) is 0 Å². The molecule has 0 radical (unpaired) electrons. The molecule has 11 heavy (non-hydrogen) atoms. The quantitative estimate of drug-likeness (QED) is 0.529. The number of hydrogen-bond donors (Lipinski definition) is 2. The number of phenolic OH excluding ortho intramolecular Hbond substituents is 1. The molecule has 1 heterocycles. The fourth-order valence-electron chi connectivity index (χ4n) is 1.06. The lowest BCUT2D eigenvalue weighted by Gasteiger charge is -2.05. The number of phenols is 1. The van der Waals surface area contributed by atoms with Gasteiger partial charge in [0, 0.05) is 6.07 Å². The maximum Gasteiger partial charge on any atom is 0.175 e. The van der Waals surface area contributed by atoms with Crippen molar-refractivity contribution in [2.45, 2.75) is 0 Å². The first-order chi connectivity index (χ1) is 5.27. The van der Waals surface area contributed by atoms with E-state index in [0.717, 1.165) is 5.69 Å². The first kappa shape index (κ1) is 6.30. The maximum absolute atomic E-state index is 9.04. The molecule has 4 heteroatoms. The summed E-state index contributed by atoms with van der Waals surface area (Å²) in [6.45, 7) is 0.346. The molecule has 0 saturated heterocycles. The van der Waals surface area contributed by atoms with Crippen LogP contribution in [0.3, 0.4) is 0 Å². The summed E-state index contributed by atoms with van der Waals surface area (Å²) in [5.41, 5.74) is 0.808. The van der Waals surface area contributed by atoms with Gasteiger partial charge >= 0.3 is 0 Å². The number of hydrogen-bond acceptors (Lipinski definition) is 4. The van der Waals surface area contributed by atoms with Crippen LogP contribution in [0.25, 0.3) is 0 Å². The molecule has 1 aliphatic heterocycles. The average molecular weight is 152 g/mol. The molecule has 0 fully saturated rings. The van der Waals surface area contributed by atoms with Gasteiger partial charge in [-0.3, -0.25) is 5.01 Å². The lowest BCUT2D eigenvalue weighted by molar-refractivity contribution is 0.346. The molecule has 1 aromatic rings. The molecule has 0 bridgehead atoms. The second-order valence-electron chi connectivity index (χ2n) is 2.40. The minimum Gasteiger partial charge on any atom is -0.508 e. The third-order valence-electron chi connectivity index (χ3n) is 1.61. The number of rotatable bonds is 0. The van der Waals surface area contributed by atoms with Crippen LogP contribution in [0.4, 0.5) is 5.69 Å². The molecular formula is C7H8N2O2. The number of ether oxygens (including phenoxy) is 1. The minimum absolute atomic E-state index is 0.194. The summed E-state index contributed by atoms with van der Waals surface area (Å²) in [6, 6.07) is 4.84. The molecule has 1 aromatic carbocycles. The molecule has 0 unspecified atom stereocenters. The van der Waals surface area contributed by atoms with Gasteiger partial charge in [-0.1, -0.05) is 0 Å². The van der Waals surface area contributed by atoms with Crippen LogP contribution < -0.4 is 15.6 Å². The van der Waals surface area contributed by atoms with E-state index in [1.807, 2.05) is 0 Å². The Morgan fingerprint density at radius 3 is 3.18 bits per heavy atom. The Hall–Kier alpha value is -1.42. The molecule has 0 amide bonds. The number of aromatic hydroxyl groups is 1. The van der Waals surface area contributed by atoms with E-state index in [1.54, 1.807) is 18.2 Å². The monoisotopic (exact) mass is 152 g/mol. The first-order valence-corrected chi connectivity index (χ1v) is 3.25. The molecule has 2 rings (SSSR count). The highest BCUT2D eigenvalue weighted by Crippen LogP contribution is 2.34. The summed E-state index contributed by atoms with van der Waals surface area (Å²) in [5, 5.41) is 10.5. The predicted octanol–water partition coefficient (Wildman–Crippen LogP) is 0.422. The van der Waals surface area contributed by atoms with E-state index < -0.39 is 0 Å². The van der Waals surface area contributed by atoms with E-state index in [2.05, 4.69) is 0 Å². The minimum atomic E-state index is 0.194. The van der Waals surface area contributed by atoms with Gasteiger partial charge in [-0.05, 0) is 12.1 Å². The van der Waals surface area contributed by atoms with Gasteiger partial charge in [-0.25, -0.2) is 5.84 Å². The fraction of sp³-hybridized carbons (Fsp3) is 0.143. The van der Waals surface area contributed by atoms with E-state index in [0.29, 0.717) is 12.5 Å². The molecule has 1 aliphatic rings. The van der Waals surface area contributed by atoms with Crippen molar-refractivity contribution in [3.63, 3.8) is 0 Å². The molecule has 3 N–H and O–H groups in total. The number of nitrogens with zero attached hydrogens (tertiary/aromatic N) is 1. The van der Waals surface area contributed by atoms with Gasteiger partial charge in [0.15, 0.2) is 12.5 Å². The number of nitrogens with two attached hydrogens (primary N) is 1. The normalized spacial score (nSPS) is 14.5. The van der Waals surface area contributed by atoms with Gasteiger partial charge in [0.1, 0.15) is 5.75 Å². The van der Waals surface area contributed by atoms with Crippen LogP contribution in [0, 0.1) is 0 Å². The van der Waals surface area contributed by atoms with E-state index >= 15 is 0 Å². The fourth-order valence-corrected chi connectivity index (χ4v) is 1.06. The standard InChI is InChI=1S/C7H8N2O2/c8-9-4-11-7-3-5(10)1-2-6(7)9/h1-3,10H,4,8H2. The summed E-state index contributed by atoms with van der Waals surface area (Å²) < 4.78 is 5.13. The average Bonchev–Trinajstić information content (AvgIpc) is 2.32. The zero-order chi connectivity index (χ0) is 7.84. The second kappa shape index (κ2) is 2.03. The lowest BCUT2D eigenvalue weighted by atomic mass is 10.3. The Kier molecular flexibility index (Phi) is 1.16. The number of hydrazine groups is 1. The summed E-state index contributed by atoms with van der Waals surface area (Å²) >= 11 is 0. The summed E-state index contributed by atoms with van der Waals surface area (Å²) in [5.74, 6) is 6.35. The van der Waals surface area contributed by atoms with Crippen LogP contribution in [0.5, 0.6) is 11.5 Å². The molecule has 0 spiro atoms. The van der Waals surface area contributed by atoms with Crippen molar-refractivity contribution >= 4 is 5.69 Å². The number of anilines is 1. The predicted molar refractivity (Wildman–Crippen MR) is 40.3 cm³/mol. The Bertz CT molecular complexity index is 288. The van der Waals surface area contributed by atoms with Gasteiger partial charge < -0.3 is 9.84 Å². The Morgan fingerprint density at radius 1 is 1.55 bits per heavy atom. The highest BCUT2D eigenvalue weighted by molar-refractivity contribution is 5.62. The van der Waals surface area contributed by atoms with Gasteiger partial charge in [-0.2, -0.15) is 0 Å². The van der Waals surface area contributed by atoms with Gasteiger partial charge in [0.05, 0.1) is 5.69 Å². The largest absolute Gasteiger partial charge is 0.508 e. The first-order valence-electron chi connectivity index (χ1n) is 3.25. The van der Waals surface area contributed by atoms with E-state index in [9.17, 15) is 0 Å². The van der Waals surface area contributed by atoms with Gasteiger partial charge in [0.25, 0.3) is 0 Å². The van der Waals surface area contributed by atoms with E-state index in [-0.39, 0.29) is 5.75 Å². The van der Waals surface area contributed by atoms with Crippen LogP contribution in [-0.4, -0.2) is 11.8 Å². The van der Waals surface area contributed by atoms with Crippen molar-refractivity contribution in [1.82, 2.24) is 0 Å². The third kappa shape index (κ3) is 0.877. The SMILES string of the molecule is NN1COc2cc(O)ccc21. The van der Waals surface area contributed by atoms with Crippen molar-refractivity contribution in [3.8, 4) is 11.5 Å². The van der Waals surface area contributed by atoms with Crippen LogP contribution in [-0.2, 0) is 0 Å². The number of fused-ring (bicyclic) bond motifs is 1. The molecule has 0 aromatic heterocycles. The van der Waals surface area contributed by atoms with Crippen molar-refractivity contribution in [3.05, 3.63) is 18.2 Å². The van der Waals surface area contributed by atoms with Gasteiger partial charge in [-0.15, -0.1) is 0 Å². The van der Waals surface area contributed by atoms with Crippen molar-refractivity contribution in [2.24, 2.45) is 5.84 Å². The lowest BCUT2D eigenvalue weighted by Crippen LogP contribution is -2.29. The second-order valence-corrected chi connectivity index (χ2v) is 2.40. The summed E-state index contributed by atoms with van der Waals surface area (Å²) in [6.07, 6.45) is 0. The topological polar surface area (TPSA) is 58.7 Å². The van der Waals surface area contributed by atoms with Crippen molar-refractivity contribution in [2.75, 3.05) is 11.7 Å². The Balaban J connectivity index is 2.50. The van der Waals surface area contributed by atoms with Crippen LogP contribution in [0.2, 0.25) is 0 Å². The van der Waals surface area contributed by atoms with Crippen LogP contribution in [0.1, 0.15) is 0 Å². The molecule has 58 valence electrons. The summed E-state index contributed by atoms with van der Waals surface area (Å²) in [4.78, 5) is 0. The Labute approximate surface area is 63.8 Å². The van der Waals surface area contributed by atoms with E-state index in [4.69, 9.17) is 15.7 Å². The highest BCUT2D eigenvalue weighted by atomic mass is 16.5. The molecule has 0 saturated carbocycles. The van der Waals surface area contributed by atoms with E-state index in [1.165, 1.54) is 5.01 Å². The molecule has 0 atom stereocenters. The van der Waals surface area contributed by atoms with Crippen molar-refractivity contribution < 1.29 is 9.84 Å². The molecule has 0 aliphatic carbocycles.